The molecule has 2 aliphatic rings. The molecule has 8 nitrogen and oxygen atoms in total. The smallest absolute Gasteiger partial charge is 0.323 e. The third-order valence-corrected chi connectivity index (χ3v) is 7.56. The summed E-state index contributed by atoms with van der Waals surface area (Å²) in [6.07, 6.45) is 6.64. The summed E-state index contributed by atoms with van der Waals surface area (Å²) in [6, 6.07) is 8.08. The van der Waals surface area contributed by atoms with Crippen LogP contribution in [0.15, 0.2) is 24.3 Å². The number of hydrogen-bond acceptors (Lipinski definition) is 5. The van der Waals surface area contributed by atoms with Crippen LogP contribution in [0, 0.1) is 5.41 Å². The van der Waals surface area contributed by atoms with Crippen LogP contribution < -0.4 is 5.73 Å². The Balaban J connectivity index is 1.42. The van der Waals surface area contributed by atoms with E-state index in [4.69, 9.17) is 15.9 Å². The Kier molecular flexibility index (Phi) is 8.11. The second-order valence-electron chi connectivity index (χ2n) is 9.72. The molecule has 2 atom stereocenters. The number of nitrogen functional groups attached to an aromatic ring is 1. The van der Waals surface area contributed by atoms with Crippen LogP contribution in [-0.4, -0.2) is 70.4 Å². The molecule has 0 saturated carbocycles. The topological polar surface area (TPSA) is 105 Å². The quantitative estimate of drug-likeness (QED) is 0.325. The first kappa shape index (κ1) is 25.2. The third-order valence-electron chi connectivity index (χ3n) is 7.56. The summed E-state index contributed by atoms with van der Waals surface area (Å²) in [7, 11) is 0. The summed E-state index contributed by atoms with van der Waals surface area (Å²) < 4.78 is 7.56. The Morgan fingerprint density at radius 1 is 1.11 bits per heavy atom. The van der Waals surface area contributed by atoms with Gasteiger partial charge in [0.2, 0.25) is 5.91 Å². The molecule has 2 fully saturated rings. The summed E-state index contributed by atoms with van der Waals surface area (Å²) in [6.45, 7) is 7.03. The minimum atomic E-state index is -0.297. The van der Waals surface area contributed by atoms with Crippen molar-refractivity contribution in [3.63, 3.8) is 0 Å². The van der Waals surface area contributed by atoms with Crippen LogP contribution in [0.2, 0.25) is 0 Å². The number of ether oxygens (including phenoxy) is 1. The normalized spacial score (nSPS) is 20.9. The monoisotopic (exact) mass is 481 g/mol. The number of amidine groups is 1. The van der Waals surface area contributed by atoms with Crippen LogP contribution in [0.1, 0.15) is 63.6 Å². The second kappa shape index (κ2) is 11.2. The number of nitrogens with two attached hydrogens (primary N) is 1. The third kappa shape index (κ3) is 5.53. The molecular formula is C27H39N5O3. The van der Waals surface area contributed by atoms with Crippen molar-refractivity contribution < 1.29 is 14.3 Å². The van der Waals surface area contributed by atoms with Gasteiger partial charge >= 0.3 is 5.97 Å². The number of benzene rings is 1. The Morgan fingerprint density at radius 3 is 2.69 bits per heavy atom. The lowest BCUT2D eigenvalue weighted by Gasteiger charge is -2.35. The van der Waals surface area contributed by atoms with E-state index in [9.17, 15) is 9.59 Å². The molecule has 3 heterocycles. The lowest BCUT2D eigenvalue weighted by molar-refractivity contribution is -0.152. The molecule has 35 heavy (non-hydrogen) atoms. The standard InChI is InChI=1S/C27H39N5O3/c1-3-31-22(16-19-10-11-20(26(28)29)17-24(19)31)13-12-21-8-7-15-32(21)25(33)18-30-14-6-5-9-23(30)27(34)35-4-2/h10-11,16-17,21,23H,3-9,12-15,18H2,1-2H3,(H3,28,29). The SMILES string of the molecule is CCOC(=O)C1CCCCN1CC(=O)N1CCCC1CCc1cc2ccc(C(=N)N)cc2n1CC. The maximum atomic E-state index is 13.3. The number of piperidine rings is 1. The molecule has 1 aromatic heterocycles. The maximum Gasteiger partial charge on any atom is 0.323 e. The molecule has 3 N–H and O–H groups in total. The molecule has 1 aromatic carbocycles. The molecule has 0 aliphatic carbocycles. The van der Waals surface area contributed by atoms with Crippen LogP contribution in [0.5, 0.6) is 0 Å². The number of aromatic nitrogens is 1. The molecule has 0 spiro atoms. The number of amides is 1. The van der Waals surface area contributed by atoms with Gasteiger partial charge in [-0.1, -0.05) is 18.6 Å². The van der Waals surface area contributed by atoms with Crippen LogP contribution >= 0.6 is 0 Å². The van der Waals surface area contributed by atoms with E-state index >= 15 is 0 Å². The second-order valence-corrected chi connectivity index (χ2v) is 9.72. The van der Waals surface area contributed by atoms with Gasteiger partial charge in [-0.05, 0) is 76.4 Å². The van der Waals surface area contributed by atoms with Gasteiger partial charge in [-0.3, -0.25) is 19.9 Å². The van der Waals surface area contributed by atoms with Crippen LogP contribution in [-0.2, 0) is 27.3 Å². The summed E-state index contributed by atoms with van der Waals surface area (Å²) in [5.41, 5.74) is 8.79. The van der Waals surface area contributed by atoms with Crippen molar-refractivity contribution >= 4 is 28.6 Å². The van der Waals surface area contributed by atoms with E-state index in [1.807, 2.05) is 34.9 Å². The van der Waals surface area contributed by atoms with Crippen molar-refractivity contribution in [3.05, 3.63) is 35.5 Å². The first-order chi connectivity index (χ1) is 16.9. The predicted molar refractivity (Wildman–Crippen MR) is 138 cm³/mol. The zero-order chi connectivity index (χ0) is 24.9. The van der Waals surface area contributed by atoms with Crippen LogP contribution in [0.4, 0.5) is 0 Å². The fourth-order valence-electron chi connectivity index (χ4n) is 5.79. The summed E-state index contributed by atoms with van der Waals surface area (Å²) >= 11 is 0. The molecule has 2 aliphatic heterocycles. The minimum absolute atomic E-state index is 0.0799. The number of nitrogens with zero attached hydrogens (tertiary/aromatic N) is 3. The molecular weight excluding hydrogens is 442 g/mol. The molecule has 2 aromatic rings. The maximum absolute atomic E-state index is 13.3. The number of aryl methyl sites for hydroxylation is 2. The Hall–Kier alpha value is -2.87. The van der Waals surface area contributed by atoms with E-state index in [0.717, 1.165) is 81.0 Å². The van der Waals surface area contributed by atoms with Gasteiger partial charge in [0.05, 0.1) is 13.2 Å². The van der Waals surface area contributed by atoms with Crippen molar-refractivity contribution in [1.29, 1.82) is 5.41 Å². The average Bonchev–Trinajstić information content (AvgIpc) is 3.46. The number of carbonyl (C=O) groups is 2. The van der Waals surface area contributed by atoms with Gasteiger partial charge in [-0.15, -0.1) is 0 Å². The number of likely N-dealkylation sites (tertiary alicyclic amines) is 2. The van der Waals surface area contributed by atoms with Crippen molar-refractivity contribution in [2.75, 3.05) is 26.2 Å². The Labute approximate surface area is 207 Å². The van der Waals surface area contributed by atoms with Gasteiger partial charge in [0.15, 0.2) is 0 Å². The van der Waals surface area contributed by atoms with Gasteiger partial charge in [-0.25, -0.2) is 0 Å². The van der Waals surface area contributed by atoms with Crippen LogP contribution in [0.3, 0.4) is 0 Å². The Bertz CT molecular complexity index is 1080. The zero-order valence-electron chi connectivity index (χ0n) is 21.1. The van der Waals surface area contributed by atoms with E-state index in [-0.39, 0.29) is 29.8 Å². The number of fused-ring (bicyclic) bond motifs is 1. The van der Waals surface area contributed by atoms with Gasteiger partial charge < -0.3 is 19.9 Å². The summed E-state index contributed by atoms with van der Waals surface area (Å²) in [5.74, 6) is 0.0143. The highest BCUT2D eigenvalue weighted by Crippen LogP contribution is 2.27. The van der Waals surface area contributed by atoms with Gasteiger partial charge in [-0.2, -0.15) is 0 Å². The molecule has 4 rings (SSSR count). The number of esters is 1. The number of carbonyl (C=O) groups excluding carboxylic acids is 2. The predicted octanol–water partition coefficient (Wildman–Crippen LogP) is 3.29. The average molecular weight is 482 g/mol. The zero-order valence-corrected chi connectivity index (χ0v) is 21.1. The van der Waals surface area contributed by atoms with E-state index in [2.05, 4.69) is 17.6 Å². The number of hydrogen-bond donors (Lipinski definition) is 2. The lowest BCUT2D eigenvalue weighted by Crippen LogP contribution is -2.51. The summed E-state index contributed by atoms with van der Waals surface area (Å²) in [5, 5.41) is 8.91. The number of rotatable bonds is 9. The molecule has 8 heteroatoms. The summed E-state index contributed by atoms with van der Waals surface area (Å²) in [4.78, 5) is 29.8. The fraction of sp³-hybridized carbons (Fsp3) is 0.593. The largest absolute Gasteiger partial charge is 0.465 e. The molecule has 2 unspecified atom stereocenters. The van der Waals surface area contributed by atoms with Gasteiger partial charge in [0, 0.05) is 35.9 Å². The van der Waals surface area contributed by atoms with E-state index in [1.54, 1.807) is 0 Å². The fourth-order valence-corrected chi connectivity index (χ4v) is 5.79. The van der Waals surface area contributed by atoms with Crippen molar-refractivity contribution in [3.8, 4) is 0 Å². The molecule has 0 radical (unpaired) electrons. The first-order valence-corrected chi connectivity index (χ1v) is 13.1. The van der Waals surface area contributed by atoms with E-state index in [1.165, 1.54) is 5.69 Å². The van der Waals surface area contributed by atoms with Crippen molar-refractivity contribution in [2.24, 2.45) is 5.73 Å². The molecule has 1 amide bonds. The lowest BCUT2D eigenvalue weighted by atomic mass is 10.0. The number of nitrogens with one attached hydrogen (secondary N) is 1. The highest BCUT2D eigenvalue weighted by Gasteiger charge is 2.34. The molecule has 2 saturated heterocycles. The minimum Gasteiger partial charge on any atom is -0.465 e. The highest BCUT2D eigenvalue weighted by atomic mass is 16.5. The first-order valence-electron chi connectivity index (χ1n) is 13.1. The Morgan fingerprint density at radius 2 is 1.94 bits per heavy atom. The van der Waals surface area contributed by atoms with Crippen LogP contribution in [0.25, 0.3) is 10.9 Å². The molecule has 190 valence electrons. The van der Waals surface area contributed by atoms with Gasteiger partial charge in [0.25, 0.3) is 0 Å². The van der Waals surface area contributed by atoms with Crippen molar-refractivity contribution in [2.45, 2.75) is 77.4 Å². The highest BCUT2D eigenvalue weighted by molar-refractivity contribution is 5.98. The van der Waals surface area contributed by atoms with Gasteiger partial charge in [0.1, 0.15) is 11.9 Å². The van der Waals surface area contributed by atoms with E-state index < -0.39 is 0 Å². The van der Waals surface area contributed by atoms with E-state index in [0.29, 0.717) is 13.2 Å². The van der Waals surface area contributed by atoms with Crippen molar-refractivity contribution in [1.82, 2.24) is 14.4 Å². The molecule has 0 bridgehead atoms.